The number of rotatable bonds is 6. The first kappa shape index (κ1) is 14.4. The van der Waals surface area contributed by atoms with Crippen molar-refractivity contribution in [2.75, 3.05) is 53.0 Å². The zero-order valence-electron chi connectivity index (χ0n) is 10.5. The molecule has 1 atom stereocenters. The van der Waals surface area contributed by atoms with E-state index in [4.69, 9.17) is 15.6 Å². The Morgan fingerprint density at radius 3 is 3.06 bits per heavy atom. The highest BCUT2D eigenvalue weighted by Crippen LogP contribution is 2.04. The van der Waals surface area contributed by atoms with Gasteiger partial charge in [0, 0.05) is 26.7 Å². The number of hydrogen-bond donors (Lipinski definition) is 2. The van der Waals surface area contributed by atoms with Crippen LogP contribution < -0.4 is 5.73 Å². The number of aliphatic hydroxyl groups is 1. The second-order valence-corrected chi connectivity index (χ2v) is 4.37. The Labute approximate surface area is 102 Å². The van der Waals surface area contributed by atoms with Gasteiger partial charge in [-0.3, -0.25) is 9.69 Å². The van der Waals surface area contributed by atoms with Crippen LogP contribution in [0.4, 0.5) is 0 Å². The Kier molecular flexibility index (Phi) is 6.43. The second-order valence-electron chi connectivity index (χ2n) is 4.37. The summed E-state index contributed by atoms with van der Waals surface area (Å²) < 4.78 is 5.33. The van der Waals surface area contributed by atoms with E-state index in [2.05, 4.69) is 0 Å². The van der Waals surface area contributed by atoms with Gasteiger partial charge >= 0.3 is 0 Å². The summed E-state index contributed by atoms with van der Waals surface area (Å²) in [5, 5.41) is 9.01. The Morgan fingerprint density at radius 1 is 1.65 bits per heavy atom. The summed E-state index contributed by atoms with van der Waals surface area (Å²) in [6.45, 7) is 3.63. The van der Waals surface area contributed by atoms with E-state index in [-0.39, 0.29) is 18.6 Å². The van der Waals surface area contributed by atoms with E-state index >= 15 is 0 Å². The number of aliphatic hydroxyl groups excluding tert-OH is 1. The van der Waals surface area contributed by atoms with Gasteiger partial charge in [-0.25, -0.2) is 0 Å². The van der Waals surface area contributed by atoms with E-state index < -0.39 is 0 Å². The lowest BCUT2D eigenvalue weighted by molar-refractivity contribution is -0.133. The molecule has 1 unspecified atom stereocenters. The molecule has 1 saturated heterocycles. The molecule has 100 valence electrons. The van der Waals surface area contributed by atoms with Gasteiger partial charge in [0.2, 0.25) is 5.91 Å². The Morgan fingerprint density at radius 2 is 2.41 bits per heavy atom. The van der Waals surface area contributed by atoms with Gasteiger partial charge in [-0.1, -0.05) is 0 Å². The number of hydrogen-bond acceptors (Lipinski definition) is 5. The summed E-state index contributed by atoms with van der Waals surface area (Å²) in [6, 6.07) is 0. The fourth-order valence-electron chi connectivity index (χ4n) is 1.80. The third kappa shape index (κ3) is 4.99. The van der Waals surface area contributed by atoms with E-state index in [1.165, 1.54) is 0 Å². The van der Waals surface area contributed by atoms with Crippen LogP contribution in [0, 0.1) is 0 Å². The lowest BCUT2D eigenvalue weighted by atomic mass is 10.2. The molecule has 1 aliphatic rings. The Hall–Kier alpha value is -0.690. The molecule has 0 radical (unpaired) electrons. The lowest BCUT2D eigenvalue weighted by Gasteiger charge is -2.32. The lowest BCUT2D eigenvalue weighted by Crippen LogP contribution is -2.48. The summed E-state index contributed by atoms with van der Waals surface area (Å²) in [4.78, 5) is 15.6. The third-order valence-electron chi connectivity index (χ3n) is 2.91. The maximum absolute atomic E-state index is 11.9. The molecule has 0 saturated carbocycles. The Balaban J connectivity index is 2.29. The molecule has 6 heteroatoms. The summed E-state index contributed by atoms with van der Waals surface area (Å²) in [7, 11) is 1.79. The number of nitrogens with two attached hydrogens (primary N) is 1. The molecule has 0 aromatic carbocycles. The molecule has 1 amide bonds. The number of likely N-dealkylation sites (N-methyl/N-ethyl adjacent to an activating group) is 1. The predicted octanol–water partition coefficient (Wildman–Crippen LogP) is -1.51. The van der Waals surface area contributed by atoms with Crippen molar-refractivity contribution in [3.63, 3.8) is 0 Å². The predicted molar refractivity (Wildman–Crippen MR) is 64.6 cm³/mol. The first-order chi connectivity index (χ1) is 8.17. The van der Waals surface area contributed by atoms with Crippen molar-refractivity contribution < 1.29 is 14.6 Å². The minimum atomic E-state index is -0.161. The highest BCUT2D eigenvalue weighted by atomic mass is 16.5. The summed E-state index contributed by atoms with van der Waals surface area (Å²) in [5.41, 5.74) is 5.40. The van der Waals surface area contributed by atoms with Crippen LogP contribution in [0.2, 0.25) is 0 Å². The monoisotopic (exact) mass is 245 g/mol. The third-order valence-corrected chi connectivity index (χ3v) is 2.91. The van der Waals surface area contributed by atoms with Gasteiger partial charge in [-0.15, -0.1) is 0 Å². The van der Waals surface area contributed by atoms with Crippen LogP contribution in [0.3, 0.4) is 0 Å². The van der Waals surface area contributed by atoms with Crippen LogP contribution in [0.25, 0.3) is 0 Å². The van der Waals surface area contributed by atoms with Crippen molar-refractivity contribution in [1.29, 1.82) is 0 Å². The normalized spacial score (nSPS) is 21.5. The summed E-state index contributed by atoms with van der Waals surface area (Å²) in [5.74, 6) is 0.0945. The second kappa shape index (κ2) is 7.60. The first-order valence-electron chi connectivity index (χ1n) is 6.06. The molecular formula is C11H23N3O3. The van der Waals surface area contributed by atoms with Crippen molar-refractivity contribution in [2.45, 2.75) is 12.5 Å². The Bertz CT molecular complexity index is 238. The van der Waals surface area contributed by atoms with Crippen LogP contribution in [-0.2, 0) is 9.53 Å². The van der Waals surface area contributed by atoms with Crippen molar-refractivity contribution >= 4 is 5.91 Å². The van der Waals surface area contributed by atoms with Gasteiger partial charge in [-0.05, 0) is 13.0 Å². The zero-order valence-corrected chi connectivity index (χ0v) is 10.5. The molecule has 1 fully saturated rings. The number of morpholine rings is 1. The van der Waals surface area contributed by atoms with Crippen LogP contribution in [0.15, 0.2) is 0 Å². The maximum Gasteiger partial charge on any atom is 0.236 e. The van der Waals surface area contributed by atoms with Gasteiger partial charge in [0.05, 0.1) is 25.9 Å². The summed E-state index contributed by atoms with van der Waals surface area (Å²) >= 11 is 0. The minimum Gasteiger partial charge on any atom is -0.394 e. The fraction of sp³-hybridized carbons (Fsp3) is 0.909. The molecular weight excluding hydrogens is 222 g/mol. The van der Waals surface area contributed by atoms with E-state index in [0.29, 0.717) is 32.8 Å². The smallest absolute Gasteiger partial charge is 0.236 e. The molecule has 0 spiro atoms. The molecule has 0 aliphatic carbocycles. The van der Waals surface area contributed by atoms with E-state index in [1.54, 1.807) is 11.9 Å². The average Bonchev–Trinajstić information content (AvgIpc) is 2.36. The quantitative estimate of drug-likeness (QED) is 0.594. The maximum atomic E-state index is 11.9. The minimum absolute atomic E-state index is 0.00764. The van der Waals surface area contributed by atoms with Gasteiger partial charge < -0.3 is 20.5 Å². The van der Waals surface area contributed by atoms with E-state index in [0.717, 1.165) is 13.0 Å². The molecule has 1 heterocycles. The fourth-order valence-corrected chi connectivity index (χ4v) is 1.80. The van der Waals surface area contributed by atoms with Crippen LogP contribution in [0.5, 0.6) is 0 Å². The van der Waals surface area contributed by atoms with E-state index in [1.807, 2.05) is 4.90 Å². The molecule has 0 aromatic rings. The number of carbonyl (C=O) groups excluding carboxylic acids is 1. The van der Waals surface area contributed by atoms with Crippen LogP contribution in [0.1, 0.15) is 6.42 Å². The number of amides is 1. The van der Waals surface area contributed by atoms with Gasteiger partial charge in [0.25, 0.3) is 0 Å². The molecule has 17 heavy (non-hydrogen) atoms. The highest BCUT2D eigenvalue weighted by molar-refractivity contribution is 5.77. The van der Waals surface area contributed by atoms with Crippen molar-refractivity contribution in [3.05, 3.63) is 0 Å². The SMILES string of the molecule is CN(CCCN)C(=O)CN1CCOC(CO)C1. The molecule has 1 rings (SSSR count). The largest absolute Gasteiger partial charge is 0.394 e. The van der Waals surface area contributed by atoms with Crippen molar-refractivity contribution in [3.8, 4) is 0 Å². The number of carbonyl (C=O) groups is 1. The average molecular weight is 245 g/mol. The van der Waals surface area contributed by atoms with Crippen LogP contribution in [-0.4, -0.2) is 79.9 Å². The molecule has 6 nitrogen and oxygen atoms in total. The number of ether oxygens (including phenoxy) is 1. The summed E-state index contributed by atoms with van der Waals surface area (Å²) in [6.07, 6.45) is 0.663. The van der Waals surface area contributed by atoms with Gasteiger partial charge in [0.15, 0.2) is 0 Å². The van der Waals surface area contributed by atoms with Crippen molar-refractivity contribution in [1.82, 2.24) is 9.80 Å². The van der Waals surface area contributed by atoms with Gasteiger partial charge in [0.1, 0.15) is 0 Å². The van der Waals surface area contributed by atoms with Crippen molar-refractivity contribution in [2.24, 2.45) is 5.73 Å². The molecule has 0 aromatic heterocycles. The molecule has 3 N–H and O–H groups in total. The first-order valence-corrected chi connectivity index (χ1v) is 6.06. The number of nitrogens with zero attached hydrogens (tertiary/aromatic N) is 2. The topological polar surface area (TPSA) is 79.0 Å². The highest BCUT2D eigenvalue weighted by Gasteiger charge is 2.22. The van der Waals surface area contributed by atoms with Gasteiger partial charge in [-0.2, -0.15) is 0 Å². The molecule has 1 aliphatic heterocycles. The zero-order chi connectivity index (χ0) is 12.7. The standard InChI is InChI=1S/C11H23N3O3/c1-13(4-2-3-12)11(16)8-14-5-6-17-10(7-14)9-15/h10,15H,2-9,12H2,1H3. The molecule has 0 bridgehead atoms. The van der Waals surface area contributed by atoms with E-state index in [9.17, 15) is 4.79 Å². The van der Waals surface area contributed by atoms with Crippen LogP contribution >= 0.6 is 0 Å².